The van der Waals surface area contributed by atoms with E-state index in [-0.39, 0.29) is 5.78 Å². The number of carbonyl (C=O) groups excluding carboxylic acids is 1. The molecule has 0 fully saturated rings. The van der Waals surface area contributed by atoms with Gasteiger partial charge in [-0.25, -0.2) is 0 Å². The van der Waals surface area contributed by atoms with Crippen molar-refractivity contribution in [3.8, 4) is 11.5 Å². The molecule has 0 radical (unpaired) electrons. The van der Waals surface area contributed by atoms with Crippen LogP contribution in [-0.4, -0.2) is 28.8 Å². The number of allylic oxidation sites excluding steroid dienone is 1. The third-order valence-corrected chi connectivity index (χ3v) is 3.29. The minimum absolute atomic E-state index is 0.0739. The molecule has 1 aliphatic heterocycles. The molecule has 0 aliphatic carbocycles. The molecule has 0 atom stereocenters. The van der Waals surface area contributed by atoms with Crippen LogP contribution in [0.1, 0.15) is 21.6 Å². The summed E-state index contributed by atoms with van der Waals surface area (Å²) >= 11 is 0. The number of benzene rings is 1. The Hall–Kier alpha value is -2.56. The SMILES string of the molecule is Cc1nn(C)cc1/C=C/C(=O)c1ccc2c(c1)OCCO2. The number of ether oxygens (including phenoxy) is 2. The normalized spacial score (nSPS) is 13.6. The maximum absolute atomic E-state index is 12.2. The van der Waals surface area contributed by atoms with Crippen molar-refractivity contribution in [2.75, 3.05) is 13.2 Å². The molecule has 2 heterocycles. The minimum atomic E-state index is -0.0739. The second kappa shape index (κ2) is 5.44. The summed E-state index contributed by atoms with van der Waals surface area (Å²) in [7, 11) is 1.85. The Bertz CT molecular complexity index is 716. The van der Waals surface area contributed by atoms with Crippen LogP contribution in [0.2, 0.25) is 0 Å². The third kappa shape index (κ3) is 2.81. The van der Waals surface area contributed by atoms with Gasteiger partial charge in [0.1, 0.15) is 13.2 Å². The lowest BCUT2D eigenvalue weighted by atomic mass is 10.1. The summed E-state index contributed by atoms with van der Waals surface area (Å²) in [4.78, 5) is 12.2. The molecule has 5 heteroatoms. The van der Waals surface area contributed by atoms with Crippen LogP contribution in [0.15, 0.2) is 30.5 Å². The number of hydrogen-bond acceptors (Lipinski definition) is 4. The van der Waals surface area contributed by atoms with E-state index < -0.39 is 0 Å². The fourth-order valence-corrected chi connectivity index (χ4v) is 2.24. The fourth-order valence-electron chi connectivity index (χ4n) is 2.24. The summed E-state index contributed by atoms with van der Waals surface area (Å²) in [6, 6.07) is 5.23. The first-order valence-corrected chi connectivity index (χ1v) is 6.76. The highest BCUT2D eigenvalue weighted by Gasteiger charge is 2.13. The van der Waals surface area contributed by atoms with Crippen LogP contribution in [0.3, 0.4) is 0 Å². The molecule has 0 saturated heterocycles. The fraction of sp³-hybridized carbons (Fsp3) is 0.250. The van der Waals surface area contributed by atoms with Gasteiger partial charge in [0.25, 0.3) is 0 Å². The lowest BCUT2D eigenvalue weighted by Crippen LogP contribution is -2.15. The summed E-state index contributed by atoms with van der Waals surface area (Å²) in [5.74, 6) is 1.23. The largest absolute Gasteiger partial charge is 0.486 e. The van der Waals surface area contributed by atoms with Gasteiger partial charge in [0.15, 0.2) is 17.3 Å². The number of hydrogen-bond donors (Lipinski definition) is 0. The number of aryl methyl sites for hydroxylation is 2. The van der Waals surface area contributed by atoms with Gasteiger partial charge in [-0.1, -0.05) is 0 Å². The number of carbonyl (C=O) groups is 1. The van der Waals surface area contributed by atoms with Crippen molar-refractivity contribution < 1.29 is 14.3 Å². The number of fused-ring (bicyclic) bond motifs is 1. The molecule has 0 spiro atoms. The molecule has 0 saturated carbocycles. The molecule has 1 aliphatic rings. The molecule has 0 unspecified atom stereocenters. The summed E-state index contributed by atoms with van der Waals surface area (Å²) in [6.07, 6.45) is 5.21. The van der Waals surface area contributed by atoms with Crippen molar-refractivity contribution in [3.63, 3.8) is 0 Å². The Labute approximate surface area is 122 Å². The zero-order chi connectivity index (χ0) is 14.8. The maximum Gasteiger partial charge on any atom is 0.185 e. The van der Waals surface area contributed by atoms with E-state index in [1.165, 1.54) is 0 Å². The van der Waals surface area contributed by atoms with Crippen LogP contribution in [0, 0.1) is 6.92 Å². The zero-order valence-electron chi connectivity index (χ0n) is 12.0. The number of rotatable bonds is 3. The first-order chi connectivity index (χ1) is 10.1. The van der Waals surface area contributed by atoms with E-state index in [2.05, 4.69) is 5.10 Å². The van der Waals surface area contributed by atoms with Gasteiger partial charge in [-0.05, 0) is 37.3 Å². The molecule has 108 valence electrons. The highest BCUT2D eigenvalue weighted by molar-refractivity contribution is 6.07. The van der Waals surface area contributed by atoms with Crippen molar-refractivity contribution in [3.05, 3.63) is 47.3 Å². The molecule has 1 aromatic carbocycles. The maximum atomic E-state index is 12.2. The molecule has 0 bridgehead atoms. The van der Waals surface area contributed by atoms with E-state index in [0.717, 1.165) is 11.3 Å². The van der Waals surface area contributed by atoms with E-state index in [1.807, 2.05) is 20.2 Å². The van der Waals surface area contributed by atoms with Gasteiger partial charge in [-0.3, -0.25) is 9.48 Å². The Kier molecular flexibility index (Phi) is 3.48. The second-order valence-electron chi connectivity index (χ2n) is 4.90. The van der Waals surface area contributed by atoms with E-state index >= 15 is 0 Å². The van der Waals surface area contributed by atoms with Crippen molar-refractivity contribution in [1.29, 1.82) is 0 Å². The lowest BCUT2D eigenvalue weighted by Gasteiger charge is -2.18. The smallest absolute Gasteiger partial charge is 0.185 e. The number of ketones is 1. The van der Waals surface area contributed by atoms with Crippen LogP contribution in [0.5, 0.6) is 11.5 Å². The van der Waals surface area contributed by atoms with Crippen LogP contribution >= 0.6 is 0 Å². The molecular formula is C16H16N2O3. The zero-order valence-corrected chi connectivity index (χ0v) is 12.0. The number of aromatic nitrogens is 2. The standard InChI is InChI=1S/C16H16N2O3/c1-11-13(10-18(2)17-11)3-5-14(19)12-4-6-15-16(9-12)21-8-7-20-15/h3-6,9-10H,7-8H2,1-2H3/b5-3+. The molecule has 3 rings (SSSR count). The topological polar surface area (TPSA) is 53.4 Å². The first-order valence-electron chi connectivity index (χ1n) is 6.76. The first kappa shape index (κ1) is 13.4. The van der Waals surface area contributed by atoms with Crippen LogP contribution < -0.4 is 9.47 Å². The van der Waals surface area contributed by atoms with Gasteiger partial charge in [0.2, 0.25) is 0 Å². The summed E-state index contributed by atoms with van der Waals surface area (Å²) in [5.41, 5.74) is 2.41. The average molecular weight is 284 g/mol. The van der Waals surface area contributed by atoms with Crippen molar-refractivity contribution in [2.45, 2.75) is 6.92 Å². The van der Waals surface area contributed by atoms with E-state index in [9.17, 15) is 4.79 Å². The lowest BCUT2D eigenvalue weighted by molar-refractivity contribution is 0.104. The van der Waals surface area contributed by atoms with Crippen LogP contribution in [-0.2, 0) is 7.05 Å². The average Bonchev–Trinajstić information content (AvgIpc) is 2.82. The summed E-state index contributed by atoms with van der Waals surface area (Å²) in [6.45, 7) is 2.96. The minimum Gasteiger partial charge on any atom is -0.486 e. The van der Waals surface area contributed by atoms with Gasteiger partial charge in [0.05, 0.1) is 5.69 Å². The molecule has 5 nitrogen and oxygen atoms in total. The molecule has 1 aromatic heterocycles. The second-order valence-corrected chi connectivity index (χ2v) is 4.90. The Balaban J connectivity index is 1.80. The number of nitrogens with zero attached hydrogens (tertiary/aromatic N) is 2. The van der Waals surface area contributed by atoms with Gasteiger partial charge >= 0.3 is 0 Å². The van der Waals surface area contributed by atoms with Gasteiger partial charge in [0, 0.05) is 24.4 Å². The Morgan fingerprint density at radius 2 is 2.05 bits per heavy atom. The van der Waals surface area contributed by atoms with Crippen molar-refractivity contribution >= 4 is 11.9 Å². The molecule has 0 N–H and O–H groups in total. The highest BCUT2D eigenvalue weighted by atomic mass is 16.6. The van der Waals surface area contributed by atoms with E-state index in [0.29, 0.717) is 30.3 Å². The van der Waals surface area contributed by atoms with Gasteiger partial charge in [-0.2, -0.15) is 5.10 Å². The third-order valence-electron chi connectivity index (χ3n) is 3.29. The quantitative estimate of drug-likeness (QED) is 0.641. The van der Waals surface area contributed by atoms with Gasteiger partial charge in [-0.15, -0.1) is 0 Å². The molecule has 2 aromatic rings. The highest BCUT2D eigenvalue weighted by Crippen LogP contribution is 2.30. The molecular weight excluding hydrogens is 268 g/mol. The van der Waals surface area contributed by atoms with Crippen LogP contribution in [0.4, 0.5) is 0 Å². The van der Waals surface area contributed by atoms with Crippen LogP contribution in [0.25, 0.3) is 6.08 Å². The van der Waals surface area contributed by atoms with E-state index in [1.54, 1.807) is 35.0 Å². The predicted molar refractivity (Wildman–Crippen MR) is 78.7 cm³/mol. The van der Waals surface area contributed by atoms with E-state index in [4.69, 9.17) is 9.47 Å². The molecule has 21 heavy (non-hydrogen) atoms. The summed E-state index contributed by atoms with van der Waals surface area (Å²) < 4.78 is 12.7. The monoisotopic (exact) mass is 284 g/mol. The molecule has 0 amide bonds. The Morgan fingerprint density at radius 1 is 1.29 bits per heavy atom. The van der Waals surface area contributed by atoms with Crippen molar-refractivity contribution in [2.24, 2.45) is 7.05 Å². The predicted octanol–water partition coefficient (Wildman–Crippen LogP) is 2.40. The van der Waals surface area contributed by atoms with Crippen molar-refractivity contribution in [1.82, 2.24) is 9.78 Å². The van der Waals surface area contributed by atoms with Gasteiger partial charge < -0.3 is 9.47 Å². The summed E-state index contributed by atoms with van der Waals surface area (Å²) in [5, 5.41) is 4.24. The Morgan fingerprint density at radius 3 is 2.76 bits per heavy atom.